The summed E-state index contributed by atoms with van der Waals surface area (Å²) in [5.74, 6) is 0.158. The van der Waals surface area contributed by atoms with E-state index < -0.39 is 0 Å². The van der Waals surface area contributed by atoms with Crippen LogP contribution in [0.25, 0.3) is 11.0 Å². The third-order valence-corrected chi connectivity index (χ3v) is 7.04. The summed E-state index contributed by atoms with van der Waals surface area (Å²) in [7, 11) is 1.65. The Morgan fingerprint density at radius 3 is 2.50 bits per heavy atom. The number of rotatable bonds is 7. The summed E-state index contributed by atoms with van der Waals surface area (Å²) >= 11 is 0. The fraction of sp³-hybridized carbons (Fsp3) is 0.370. The zero-order valence-electron chi connectivity index (χ0n) is 20.8. The molecule has 0 spiro atoms. The van der Waals surface area contributed by atoms with Crippen molar-refractivity contribution in [2.45, 2.75) is 44.8 Å². The lowest BCUT2D eigenvalue weighted by Crippen LogP contribution is -2.60. The molecule has 8 nitrogen and oxygen atoms in total. The third kappa shape index (κ3) is 4.52. The van der Waals surface area contributed by atoms with Gasteiger partial charge in [-0.3, -0.25) is 9.47 Å². The number of benzene rings is 1. The fourth-order valence-corrected chi connectivity index (χ4v) is 5.04. The van der Waals surface area contributed by atoms with Gasteiger partial charge >= 0.3 is 5.69 Å². The Balaban J connectivity index is 1.81. The number of halogens is 1. The van der Waals surface area contributed by atoms with Gasteiger partial charge in [0.15, 0.2) is 5.82 Å². The van der Waals surface area contributed by atoms with Crippen LogP contribution in [0, 0.1) is 22.6 Å². The number of hydrogen-bond donors (Lipinski definition) is 1. The van der Waals surface area contributed by atoms with Crippen molar-refractivity contribution in [2.75, 3.05) is 18.0 Å². The topological polar surface area (TPSA) is 102 Å². The van der Waals surface area contributed by atoms with Crippen molar-refractivity contribution in [3.05, 3.63) is 76.6 Å². The number of aromatic nitrogens is 3. The molecule has 1 N–H and O–H groups in total. The monoisotopic (exact) mass is 487 g/mol. The van der Waals surface area contributed by atoms with Gasteiger partial charge in [0.1, 0.15) is 23.1 Å². The van der Waals surface area contributed by atoms with Gasteiger partial charge in [0.25, 0.3) is 0 Å². The van der Waals surface area contributed by atoms with Gasteiger partial charge in [0.2, 0.25) is 0 Å². The van der Waals surface area contributed by atoms with Gasteiger partial charge < -0.3 is 10.3 Å². The van der Waals surface area contributed by atoms with E-state index in [1.165, 1.54) is 22.8 Å². The number of nitrogens with one attached hydrogen (secondary N) is 1. The maximum absolute atomic E-state index is 13.7. The molecule has 3 heterocycles. The van der Waals surface area contributed by atoms with Crippen LogP contribution in [0.5, 0.6) is 0 Å². The number of aryl methyl sites for hydroxylation is 1. The van der Waals surface area contributed by atoms with Crippen LogP contribution in [-0.2, 0) is 7.05 Å². The van der Waals surface area contributed by atoms with E-state index in [9.17, 15) is 14.4 Å². The summed E-state index contributed by atoms with van der Waals surface area (Å²) in [5, 5.41) is 18.1. The minimum Gasteiger partial charge on any atom is -0.349 e. The number of nitriles is 1. The van der Waals surface area contributed by atoms with Crippen molar-refractivity contribution in [3.8, 4) is 6.07 Å². The van der Waals surface area contributed by atoms with Crippen LogP contribution < -0.4 is 10.6 Å². The summed E-state index contributed by atoms with van der Waals surface area (Å²) in [4.78, 5) is 26.1. The highest BCUT2D eigenvalue weighted by molar-refractivity contribution is 5.97. The second-order valence-electron chi connectivity index (χ2n) is 9.04. The highest BCUT2D eigenvalue weighted by atomic mass is 19.1. The molecular weight excluding hydrogens is 457 g/mol. The van der Waals surface area contributed by atoms with Gasteiger partial charge in [0.05, 0.1) is 17.3 Å². The van der Waals surface area contributed by atoms with Crippen molar-refractivity contribution < 1.29 is 4.39 Å². The van der Waals surface area contributed by atoms with Crippen LogP contribution in [0.4, 0.5) is 10.2 Å². The minimum absolute atomic E-state index is 0.0169. The second kappa shape index (κ2) is 10.4. The molecule has 1 aliphatic heterocycles. The molecule has 0 aliphatic carbocycles. The highest BCUT2D eigenvalue weighted by Gasteiger charge is 2.39. The fourth-order valence-electron chi connectivity index (χ4n) is 5.04. The summed E-state index contributed by atoms with van der Waals surface area (Å²) in [6, 6.07) is 11.3. The summed E-state index contributed by atoms with van der Waals surface area (Å²) < 4.78 is 15.1. The molecule has 1 saturated heterocycles. The Kier molecular flexibility index (Phi) is 7.27. The first-order valence-electron chi connectivity index (χ1n) is 12.1. The molecule has 3 aromatic rings. The number of anilines is 1. The predicted octanol–water partition coefficient (Wildman–Crippen LogP) is 3.97. The van der Waals surface area contributed by atoms with Crippen molar-refractivity contribution in [1.29, 1.82) is 10.7 Å². The second-order valence-corrected chi connectivity index (χ2v) is 9.04. The molecule has 0 amide bonds. The van der Waals surface area contributed by atoms with E-state index in [0.29, 0.717) is 35.7 Å². The van der Waals surface area contributed by atoms with Gasteiger partial charge in [-0.05, 0) is 48.7 Å². The van der Waals surface area contributed by atoms with Crippen molar-refractivity contribution in [1.82, 2.24) is 19.4 Å². The van der Waals surface area contributed by atoms with E-state index in [0.717, 1.165) is 18.4 Å². The van der Waals surface area contributed by atoms with Gasteiger partial charge in [-0.1, -0.05) is 32.6 Å². The van der Waals surface area contributed by atoms with Crippen molar-refractivity contribution in [3.63, 3.8) is 0 Å². The lowest BCUT2D eigenvalue weighted by Gasteiger charge is -2.49. The maximum Gasteiger partial charge on any atom is 0.349 e. The summed E-state index contributed by atoms with van der Waals surface area (Å²) in [6.45, 7) is 9.15. The summed E-state index contributed by atoms with van der Waals surface area (Å²) in [5.41, 5.74) is 2.20. The highest BCUT2D eigenvalue weighted by Crippen LogP contribution is 2.34. The molecule has 3 atom stereocenters. The minimum atomic E-state index is -0.382. The smallest absolute Gasteiger partial charge is 0.349 e. The zero-order chi connectivity index (χ0) is 26.0. The van der Waals surface area contributed by atoms with Crippen LogP contribution in [0.15, 0.2) is 53.8 Å². The predicted molar refractivity (Wildman–Crippen MR) is 139 cm³/mol. The maximum atomic E-state index is 13.7. The molecular formula is C27H30FN7O. The van der Waals surface area contributed by atoms with E-state index in [1.807, 2.05) is 0 Å². The molecule has 4 rings (SSSR count). The van der Waals surface area contributed by atoms with Crippen LogP contribution in [0.3, 0.4) is 0 Å². The molecule has 0 bridgehead atoms. The number of hydrogen-bond acceptors (Lipinski definition) is 7. The zero-order valence-corrected chi connectivity index (χ0v) is 20.8. The Labute approximate surface area is 209 Å². The van der Waals surface area contributed by atoms with E-state index in [-0.39, 0.29) is 35.3 Å². The molecule has 0 radical (unpaired) electrons. The van der Waals surface area contributed by atoms with Gasteiger partial charge in [-0.25, -0.2) is 14.2 Å². The number of nitrogens with zero attached hydrogens (tertiary/aromatic N) is 6. The average molecular weight is 488 g/mol. The SMILES string of the molecule is C=CC(=N)C(c1ccc(F)cc1)N1C[C@H](CC)N(c2nc(=O)n(C)c3ccc(C#N)nc23)CC1CC. The van der Waals surface area contributed by atoms with E-state index in [2.05, 4.69) is 46.3 Å². The quantitative estimate of drug-likeness (QED) is 0.506. The number of piperazine rings is 1. The van der Waals surface area contributed by atoms with Crippen molar-refractivity contribution >= 4 is 22.6 Å². The normalized spacial score (nSPS) is 19.1. The molecule has 36 heavy (non-hydrogen) atoms. The molecule has 1 aromatic carbocycles. The molecule has 186 valence electrons. The lowest BCUT2D eigenvalue weighted by atomic mass is 9.93. The first-order valence-corrected chi connectivity index (χ1v) is 12.1. The molecule has 9 heteroatoms. The number of fused-ring (bicyclic) bond motifs is 1. The Morgan fingerprint density at radius 1 is 1.19 bits per heavy atom. The average Bonchev–Trinajstić information content (AvgIpc) is 2.91. The van der Waals surface area contributed by atoms with Crippen molar-refractivity contribution in [2.24, 2.45) is 7.05 Å². The van der Waals surface area contributed by atoms with E-state index >= 15 is 0 Å². The largest absolute Gasteiger partial charge is 0.349 e. The molecule has 0 saturated carbocycles. The molecule has 2 unspecified atom stereocenters. The van der Waals surface area contributed by atoms with Gasteiger partial charge in [0, 0.05) is 32.2 Å². The summed E-state index contributed by atoms with van der Waals surface area (Å²) in [6.07, 6.45) is 3.09. The van der Waals surface area contributed by atoms with Crippen LogP contribution in [0.2, 0.25) is 0 Å². The van der Waals surface area contributed by atoms with E-state index in [4.69, 9.17) is 5.41 Å². The third-order valence-electron chi connectivity index (χ3n) is 7.04. The number of pyridine rings is 1. The molecule has 2 aromatic heterocycles. The van der Waals surface area contributed by atoms with Crippen LogP contribution in [0.1, 0.15) is 44.0 Å². The molecule has 1 fully saturated rings. The van der Waals surface area contributed by atoms with Gasteiger partial charge in [-0.2, -0.15) is 10.2 Å². The van der Waals surface area contributed by atoms with Crippen LogP contribution >= 0.6 is 0 Å². The van der Waals surface area contributed by atoms with Gasteiger partial charge in [-0.15, -0.1) is 0 Å². The Hall–Kier alpha value is -3.90. The Morgan fingerprint density at radius 2 is 1.89 bits per heavy atom. The van der Waals surface area contributed by atoms with E-state index in [1.54, 1.807) is 31.3 Å². The standard InChI is InChI=1S/C27H30FN7O/c1-5-20-16-35(26-24-23(33(4)27(36)32-26)13-12-19(14-29)31-24)21(6-2)15-34(20)25(22(30)7-3)17-8-10-18(28)11-9-17/h7-13,20-21,25,30H,3,5-6,15-16H2,1-2,4H3/t20?,21-,25?/m0/s1. The lowest BCUT2D eigenvalue weighted by molar-refractivity contribution is 0.122. The first-order chi connectivity index (χ1) is 17.3. The Bertz CT molecular complexity index is 1390. The molecule has 1 aliphatic rings. The first kappa shape index (κ1) is 25.2. The van der Waals surface area contributed by atoms with Crippen LogP contribution in [-0.4, -0.2) is 50.3 Å².